The number of aromatic nitrogens is 1. The van der Waals surface area contributed by atoms with Gasteiger partial charge in [-0.15, -0.1) is 0 Å². The van der Waals surface area contributed by atoms with Crippen LogP contribution in [-0.4, -0.2) is 23.2 Å². The van der Waals surface area contributed by atoms with E-state index in [1.54, 1.807) is 13.2 Å². The van der Waals surface area contributed by atoms with Gasteiger partial charge < -0.3 is 9.84 Å². The zero-order valence-corrected chi connectivity index (χ0v) is 11.1. The summed E-state index contributed by atoms with van der Waals surface area (Å²) in [5.41, 5.74) is 3.38. The van der Waals surface area contributed by atoms with E-state index in [1.807, 2.05) is 32.0 Å². The van der Waals surface area contributed by atoms with E-state index in [4.69, 9.17) is 4.74 Å². The van der Waals surface area contributed by atoms with Gasteiger partial charge in [0.25, 0.3) is 0 Å². The first-order chi connectivity index (χ1) is 9.02. The molecule has 98 valence electrons. The van der Waals surface area contributed by atoms with Crippen LogP contribution in [0.2, 0.25) is 0 Å². The lowest BCUT2D eigenvalue weighted by atomic mass is 9.98. The molecule has 0 amide bonds. The molecule has 1 aromatic heterocycles. The first-order valence-electron chi connectivity index (χ1n) is 5.88. The van der Waals surface area contributed by atoms with Gasteiger partial charge in [-0.3, -0.25) is 4.98 Å². The second-order valence-electron chi connectivity index (χ2n) is 4.38. The highest BCUT2D eigenvalue weighted by atomic mass is 16.5. The third-order valence-electron chi connectivity index (χ3n) is 2.92. The number of hydrogen-bond acceptors (Lipinski definition) is 3. The van der Waals surface area contributed by atoms with E-state index in [1.165, 1.54) is 6.20 Å². The van der Waals surface area contributed by atoms with E-state index < -0.39 is 5.97 Å². The van der Waals surface area contributed by atoms with Crippen LogP contribution in [0.4, 0.5) is 0 Å². The molecule has 0 saturated carbocycles. The second kappa shape index (κ2) is 5.10. The minimum absolute atomic E-state index is 0.175. The molecule has 0 aliphatic rings. The van der Waals surface area contributed by atoms with Gasteiger partial charge in [0.1, 0.15) is 5.75 Å². The topological polar surface area (TPSA) is 59.4 Å². The molecule has 2 aromatic rings. The fourth-order valence-electron chi connectivity index (χ4n) is 1.99. The molecule has 1 aromatic carbocycles. The summed E-state index contributed by atoms with van der Waals surface area (Å²) in [4.78, 5) is 15.4. The van der Waals surface area contributed by atoms with Crippen molar-refractivity contribution in [1.82, 2.24) is 4.98 Å². The lowest BCUT2D eigenvalue weighted by Crippen LogP contribution is -2.02. The van der Waals surface area contributed by atoms with Crippen molar-refractivity contribution in [3.63, 3.8) is 0 Å². The minimum Gasteiger partial charge on any atom is -0.496 e. The molecule has 4 heteroatoms. The average Bonchev–Trinajstić information content (AvgIpc) is 2.38. The first kappa shape index (κ1) is 13.1. The molecule has 1 heterocycles. The van der Waals surface area contributed by atoms with Crippen molar-refractivity contribution in [3.05, 3.63) is 47.3 Å². The molecule has 0 saturated heterocycles. The van der Waals surface area contributed by atoms with Crippen LogP contribution in [-0.2, 0) is 0 Å². The van der Waals surface area contributed by atoms with Gasteiger partial charge in [-0.25, -0.2) is 4.79 Å². The Morgan fingerprint density at radius 1 is 1.21 bits per heavy atom. The van der Waals surface area contributed by atoms with Crippen LogP contribution in [0.1, 0.15) is 21.6 Å². The highest BCUT2D eigenvalue weighted by Gasteiger charge is 2.16. The van der Waals surface area contributed by atoms with Gasteiger partial charge in [0.05, 0.1) is 12.7 Å². The van der Waals surface area contributed by atoms with E-state index >= 15 is 0 Å². The highest BCUT2D eigenvalue weighted by molar-refractivity contribution is 5.96. The summed E-state index contributed by atoms with van der Waals surface area (Å²) >= 11 is 0. The van der Waals surface area contributed by atoms with Crippen LogP contribution in [0, 0.1) is 13.8 Å². The smallest absolute Gasteiger partial charge is 0.337 e. The molecule has 2 rings (SSSR count). The Morgan fingerprint density at radius 3 is 2.58 bits per heavy atom. The van der Waals surface area contributed by atoms with Gasteiger partial charge in [0.2, 0.25) is 0 Å². The Hall–Kier alpha value is -2.36. The summed E-state index contributed by atoms with van der Waals surface area (Å²) in [6.07, 6.45) is 1.38. The van der Waals surface area contributed by atoms with Crippen LogP contribution in [0.25, 0.3) is 11.1 Å². The number of carbonyl (C=O) groups is 1. The van der Waals surface area contributed by atoms with Crippen molar-refractivity contribution < 1.29 is 14.6 Å². The number of carboxylic acid groups (broad SMARTS) is 1. The number of nitrogens with zero attached hydrogens (tertiary/aromatic N) is 1. The quantitative estimate of drug-likeness (QED) is 0.918. The number of ether oxygens (including phenoxy) is 1. The average molecular weight is 257 g/mol. The molecule has 0 atom stereocenters. The van der Waals surface area contributed by atoms with Crippen molar-refractivity contribution in [3.8, 4) is 16.9 Å². The number of aryl methyl sites for hydroxylation is 2. The number of pyridine rings is 1. The molecule has 0 aliphatic heterocycles. The van der Waals surface area contributed by atoms with Gasteiger partial charge >= 0.3 is 5.97 Å². The third-order valence-corrected chi connectivity index (χ3v) is 2.92. The summed E-state index contributed by atoms with van der Waals surface area (Å²) in [5, 5.41) is 9.27. The molecule has 19 heavy (non-hydrogen) atoms. The van der Waals surface area contributed by atoms with E-state index in [0.717, 1.165) is 16.8 Å². The molecule has 1 N–H and O–H groups in total. The number of aromatic carboxylic acids is 1. The van der Waals surface area contributed by atoms with Crippen molar-refractivity contribution in [2.24, 2.45) is 0 Å². The summed E-state index contributed by atoms with van der Waals surface area (Å²) in [6, 6.07) is 7.45. The van der Waals surface area contributed by atoms with Crippen molar-refractivity contribution >= 4 is 5.97 Å². The molecule has 0 bridgehead atoms. The maximum absolute atomic E-state index is 11.3. The molecule has 0 fully saturated rings. The molecule has 0 radical (unpaired) electrons. The van der Waals surface area contributed by atoms with Gasteiger partial charge in [-0.05, 0) is 32.0 Å². The number of carboxylic acids is 1. The Morgan fingerprint density at radius 2 is 1.95 bits per heavy atom. The first-order valence-corrected chi connectivity index (χ1v) is 5.88. The van der Waals surface area contributed by atoms with E-state index in [0.29, 0.717) is 11.3 Å². The molecule has 4 nitrogen and oxygen atoms in total. The summed E-state index contributed by atoms with van der Waals surface area (Å²) < 4.78 is 5.32. The minimum atomic E-state index is -0.994. The molecule has 0 unspecified atom stereocenters. The molecule has 0 aliphatic carbocycles. The predicted molar refractivity (Wildman–Crippen MR) is 72.7 cm³/mol. The van der Waals surface area contributed by atoms with E-state index in [9.17, 15) is 9.90 Å². The molecule has 0 spiro atoms. The lowest BCUT2D eigenvalue weighted by molar-refractivity contribution is 0.0697. The molecular weight excluding hydrogens is 242 g/mol. The summed E-state index contributed by atoms with van der Waals surface area (Å²) in [6.45, 7) is 3.79. The van der Waals surface area contributed by atoms with Crippen LogP contribution < -0.4 is 4.74 Å². The fraction of sp³-hybridized carbons (Fsp3) is 0.200. The monoisotopic (exact) mass is 257 g/mol. The SMILES string of the molecule is COc1ccc(C)cc1-c1cc(C)ncc1C(=O)O. The predicted octanol–water partition coefficient (Wildman–Crippen LogP) is 3.07. The maximum atomic E-state index is 11.3. The number of hydrogen-bond donors (Lipinski definition) is 1. The van der Waals surface area contributed by atoms with E-state index in [-0.39, 0.29) is 5.56 Å². The highest BCUT2D eigenvalue weighted by Crippen LogP contribution is 2.33. The molecular formula is C15H15NO3. The van der Waals surface area contributed by atoms with Crippen LogP contribution in [0.5, 0.6) is 5.75 Å². The van der Waals surface area contributed by atoms with Crippen molar-refractivity contribution in [2.45, 2.75) is 13.8 Å². The Kier molecular flexibility index (Phi) is 3.51. The van der Waals surface area contributed by atoms with Crippen molar-refractivity contribution in [2.75, 3.05) is 7.11 Å². The number of rotatable bonds is 3. The Balaban J connectivity index is 2.73. The zero-order valence-electron chi connectivity index (χ0n) is 11.1. The lowest BCUT2D eigenvalue weighted by Gasteiger charge is -2.12. The van der Waals surface area contributed by atoms with Gasteiger partial charge in [-0.1, -0.05) is 11.6 Å². The van der Waals surface area contributed by atoms with Crippen LogP contribution in [0.15, 0.2) is 30.5 Å². The summed E-state index contributed by atoms with van der Waals surface area (Å²) in [7, 11) is 1.57. The zero-order chi connectivity index (χ0) is 14.0. The standard InChI is InChI=1S/C15H15NO3/c1-9-4-5-14(19-3)12(6-9)11-7-10(2)16-8-13(11)15(17)18/h4-8H,1-3H3,(H,17,18). The van der Waals surface area contributed by atoms with Gasteiger partial charge in [-0.2, -0.15) is 0 Å². The maximum Gasteiger partial charge on any atom is 0.337 e. The Bertz CT molecular complexity index is 635. The summed E-state index contributed by atoms with van der Waals surface area (Å²) in [5.74, 6) is -0.343. The van der Waals surface area contributed by atoms with Gasteiger partial charge in [0.15, 0.2) is 0 Å². The number of methoxy groups -OCH3 is 1. The van der Waals surface area contributed by atoms with Crippen LogP contribution in [0.3, 0.4) is 0 Å². The number of benzene rings is 1. The van der Waals surface area contributed by atoms with Gasteiger partial charge in [0, 0.05) is 23.0 Å². The van der Waals surface area contributed by atoms with Crippen LogP contribution >= 0.6 is 0 Å². The normalized spacial score (nSPS) is 10.3. The second-order valence-corrected chi connectivity index (χ2v) is 4.38. The Labute approximate surface area is 111 Å². The fourth-order valence-corrected chi connectivity index (χ4v) is 1.99. The third kappa shape index (κ3) is 2.57. The largest absolute Gasteiger partial charge is 0.496 e. The van der Waals surface area contributed by atoms with E-state index in [2.05, 4.69) is 4.98 Å². The van der Waals surface area contributed by atoms with Crippen molar-refractivity contribution in [1.29, 1.82) is 0 Å².